The van der Waals surface area contributed by atoms with Crippen LogP contribution in [0.4, 0.5) is 0 Å². The molecule has 2 heterocycles. The van der Waals surface area contributed by atoms with E-state index in [9.17, 15) is 0 Å². The van der Waals surface area contributed by atoms with Crippen molar-refractivity contribution in [1.82, 2.24) is 15.4 Å². The van der Waals surface area contributed by atoms with Crippen molar-refractivity contribution in [1.29, 1.82) is 0 Å². The molecule has 0 aliphatic heterocycles. The minimum absolute atomic E-state index is 0.104. The molecule has 0 spiro atoms. The van der Waals surface area contributed by atoms with E-state index in [4.69, 9.17) is 10.6 Å². The largest absolute Gasteiger partial charge is 0.489 e. The molecule has 5 heteroatoms. The molecule has 0 amide bonds. The molecule has 0 saturated heterocycles. The molecule has 2 aromatic rings. The van der Waals surface area contributed by atoms with Gasteiger partial charge in [0.05, 0.1) is 24.0 Å². The molecule has 0 aliphatic rings. The van der Waals surface area contributed by atoms with E-state index in [0.717, 1.165) is 29.0 Å². The molecule has 112 valence electrons. The normalized spacial score (nSPS) is 12.4. The van der Waals surface area contributed by atoms with Crippen molar-refractivity contribution in [3.8, 4) is 5.75 Å². The van der Waals surface area contributed by atoms with Crippen LogP contribution in [0.1, 0.15) is 43.6 Å². The van der Waals surface area contributed by atoms with Gasteiger partial charge in [-0.1, -0.05) is 13.0 Å². The minimum atomic E-state index is -0.204. The minimum Gasteiger partial charge on any atom is -0.489 e. The second-order valence-electron chi connectivity index (χ2n) is 5.12. The Hall–Kier alpha value is -1.98. The first-order chi connectivity index (χ1) is 10.2. The van der Waals surface area contributed by atoms with Gasteiger partial charge in [-0.15, -0.1) is 0 Å². The monoisotopic (exact) mass is 286 g/mol. The molecule has 5 nitrogen and oxygen atoms in total. The third-order valence-electron chi connectivity index (χ3n) is 3.19. The summed E-state index contributed by atoms with van der Waals surface area (Å²) in [7, 11) is 0. The fraction of sp³-hybridized carbons (Fsp3) is 0.375. The van der Waals surface area contributed by atoms with Crippen molar-refractivity contribution >= 4 is 0 Å². The van der Waals surface area contributed by atoms with Crippen molar-refractivity contribution in [2.75, 3.05) is 0 Å². The van der Waals surface area contributed by atoms with E-state index < -0.39 is 0 Å². The van der Waals surface area contributed by atoms with Gasteiger partial charge >= 0.3 is 0 Å². The Morgan fingerprint density at radius 2 is 2.14 bits per heavy atom. The molecule has 1 atom stereocenters. The highest BCUT2D eigenvalue weighted by Crippen LogP contribution is 2.25. The SMILES string of the molecule is CCc1cccnc1C(NN)c1cncc(OC(C)C)c1. The van der Waals surface area contributed by atoms with Gasteiger partial charge in [-0.2, -0.15) is 0 Å². The fourth-order valence-corrected chi connectivity index (χ4v) is 2.27. The highest BCUT2D eigenvalue weighted by molar-refractivity contribution is 5.34. The van der Waals surface area contributed by atoms with Gasteiger partial charge < -0.3 is 4.74 Å². The van der Waals surface area contributed by atoms with E-state index in [-0.39, 0.29) is 12.1 Å². The summed E-state index contributed by atoms with van der Waals surface area (Å²) in [5.41, 5.74) is 5.85. The molecule has 0 radical (unpaired) electrons. The molecule has 0 aromatic carbocycles. The lowest BCUT2D eigenvalue weighted by atomic mass is 10.00. The maximum absolute atomic E-state index is 5.75. The Kier molecular flexibility index (Phi) is 5.25. The molecule has 3 N–H and O–H groups in total. The number of hydrazine groups is 1. The Morgan fingerprint density at radius 3 is 2.81 bits per heavy atom. The van der Waals surface area contributed by atoms with Gasteiger partial charge in [0.2, 0.25) is 0 Å². The second-order valence-corrected chi connectivity index (χ2v) is 5.12. The Morgan fingerprint density at radius 1 is 1.33 bits per heavy atom. The van der Waals surface area contributed by atoms with E-state index >= 15 is 0 Å². The molecule has 1 unspecified atom stereocenters. The number of nitrogens with one attached hydrogen (secondary N) is 1. The van der Waals surface area contributed by atoms with Gasteiger partial charge in [0.1, 0.15) is 5.75 Å². The van der Waals surface area contributed by atoms with Crippen LogP contribution in [0.5, 0.6) is 5.75 Å². The zero-order valence-electron chi connectivity index (χ0n) is 12.7. The number of nitrogens with zero attached hydrogens (tertiary/aromatic N) is 2. The van der Waals surface area contributed by atoms with E-state index in [1.54, 1.807) is 18.6 Å². The maximum atomic E-state index is 5.75. The molecule has 0 fully saturated rings. The van der Waals surface area contributed by atoms with Crippen molar-refractivity contribution in [2.45, 2.75) is 39.3 Å². The van der Waals surface area contributed by atoms with Crippen molar-refractivity contribution in [3.05, 3.63) is 53.6 Å². The zero-order valence-corrected chi connectivity index (χ0v) is 12.7. The summed E-state index contributed by atoms with van der Waals surface area (Å²) in [4.78, 5) is 8.72. The van der Waals surface area contributed by atoms with Gasteiger partial charge in [0, 0.05) is 12.4 Å². The van der Waals surface area contributed by atoms with Crippen LogP contribution in [0.25, 0.3) is 0 Å². The number of aryl methyl sites for hydroxylation is 1. The number of aromatic nitrogens is 2. The van der Waals surface area contributed by atoms with Gasteiger partial charge in [-0.3, -0.25) is 15.8 Å². The predicted molar refractivity (Wildman–Crippen MR) is 82.8 cm³/mol. The van der Waals surface area contributed by atoms with Crippen LogP contribution in [0.3, 0.4) is 0 Å². The molecule has 21 heavy (non-hydrogen) atoms. The summed E-state index contributed by atoms with van der Waals surface area (Å²) in [6.45, 7) is 6.07. The van der Waals surface area contributed by atoms with Crippen LogP contribution >= 0.6 is 0 Å². The number of hydrogen-bond donors (Lipinski definition) is 2. The molecule has 0 saturated carbocycles. The second kappa shape index (κ2) is 7.15. The van der Waals surface area contributed by atoms with Crippen LogP contribution in [-0.2, 0) is 6.42 Å². The smallest absolute Gasteiger partial charge is 0.138 e. The van der Waals surface area contributed by atoms with E-state index in [0.29, 0.717) is 0 Å². The number of pyridine rings is 2. The highest BCUT2D eigenvalue weighted by atomic mass is 16.5. The third kappa shape index (κ3) is 3.77. The molecular weight excluding hydrogens is 264 g/mol. The van der Waals surface area contributed by atoms with Gasteiger partial charge in [-0.05, 0) is 43.5 Å². The summed E-state index contributed by atoms with van der Waals surface area (Å²) < 4.78 is 5.69. The lowest BCUT2D eigenvalue weighted by Crippen LogP contribution is -2.30. The number of rotatable bonds is 6. The zero-order chi connectivity index (χ0) is 15.2. The van der Waals surface area contributed by atoms with Crippen molar-refractivity contribution < 1.29 is 4.74 Å². The lowest BCUT2D eigenvalue weighted by Gasteiger charge is -2.19. The highest BCUT2D eigenvalue weighted by Gasteiger charge is 2.18. The summed E-state index contributed by atoms with van der Waals surface area (Å²) >= 11 is 0. The van der Waals surface area contributed by atoms with Crippen LogP contribution in [-0.4, -0.2) is 16.1 Å². The topological polar surface area (TPSA) is 73.1 Å². The maximum Gasteiger partial charge on any atom is 0.138 e. The molecule has 0 bridgehead atoms. The molecule has 2 aromatic heterocycles. The van der Waals surface area contributed by atoms with E-state index in [1.165, 1.54) is 0 Å². The van der Waals surface area contributed by atoms with Crippen LogP contribution in [0, 0.1) is 0 Å². The van der Waals surface area contributed by atoms with E-state index in [2.05, 4.69) is 28.4 Å². The van der Waals surface area contributed by atoms with Gasteiger partial charge in [-0.25, -0.2) is 5.43 Å². The standard InChI is InChI=1S/C16H22N4O/c1-4-12-6-5-7-19-15(12)16(20-17)13-8-14(10-18-9-13)21-11(2)3/h5-11,16,20H,4,17H2,1-3H3. The van der Waals surface area contributed by atoms with Crippen LogP contribution in [0.2, 0.25) is 0 Å². The average molecular weight is 286 g/mol. The quantitative estimate of drug-likeness (QED) is 0.630. The molecule has 2 rings (SSSR count). The molecule has 0 aliphatic carbocycles. The van der Waals surface area contributed by atoms with Crippen LogP contribution in [0.15, 0.2) is 36.8 Å². The van der Waals surface area contributed by atoms with Crippen LogP contribution < -0.4 is 16.0 Å². The van der Waals surface area contributed by atoms with Gasteiger partial charge in [0.25, 0.3) is 0 Å². The van der Waals surface area contributed by atoms with Gasteiger partial charge in [0.15, 0.2) is 0 Å². The summed E-state index contributed by atoms with van der Waals surface area (Å²) in [6.07, 6.45) is 6.27. The summed E-state index contributed by atoms with van der Waals surface area (Å²) in [6, 6.07) is 5.75. The first-order valence-electron chi connectivity index (χ1n) is 7.17. The first kappa shape index (κ1) is 15.4. The van der Waals surface area contributed by atoms with Crippen molar-refractivity contribution in [2.24, 2.45) is 5.84 Å². The Labute approximate surface area is 125 Å². The average Bonchev–Trinajstić information content (AvgIpc) is 2.48. The molecular formula is C16H22N4O. The number of hydrogen-bond acceptors (Lipinski definition) is 5. The van der Waals surface area contributed by atoms with Crippen molar-refractivity contribution in [3.63, 3.8) is 0 Å². The number of ether oxygens (including phenoxy) is 1. The summed E-state index contributed by atoms with van der Waals surface area (Å²) in [5, 5.41) is 0. The summed E-state index contributed by atoms with van der Waals surface area (Å²) in [5.74, 6) is 6.49. The number of nitrogens with two attached hydrogens (primary N) is 1. The third-order valence-corrected chi connectivity index (χ3v) is 3.19. The first-order valence-corrected chi connectivity index (χ1v) is 7.17. The Balaban J connectivity index is 2.37. The Bertz CT molecular complexity index is 586. The predicted octanol–water partition coefficient (Wildman–Crippen LogP) is 2.38. The lowest BCUT2D eigenvalue weighted by molar-refractivity contribution is 0.241. The van der Waals surface area contributed by atoms with E-state index in [1.807, 2.05) is 26.0 Å². The fourth-order valence-electron chi connectivity index (χ4n) is 2.27.